The summed E-state index contributed by atoms with van der Waals surface area (Å²) in [4.78, 5) is 19.4. The molecule has 0 radical (unpaired) electrons. The molecule has 4 rings (SSSR count). The Labute approximate surface area is 167 Å². The molecule has 0 spiro atoms. The highest BCUT2D eigenvalue weighted by atomic mass is 35.5. The molecule has 2 heterocycles. The Hall–Kier alpha value is -2.66. The average Bonchev–Trinajstić information content (AvgIpc) is 2.70. The van der Waals surface area contributed by atoms with Crippen LogP contribution in [0.5, 0.6) is 11.6 Å². The van der Waals surface area contributed by atoms with Crippen LogP contribution in [0.3, 0.4) is 0 Å². The van der Waals surface area contributed by atoms with Gasteiger partial charge in [-0.1, -0.05) is 23.7 Å². The maximum Gasteiger partial charge on any atom is 0.256 e. The third kappa shape index (κ3) is 3.54. The number of benzene rings is 2. The zero-order valence-corrected chi connectivity index (χ0v) is 16.3. The van der Waals surface area contributed by atoms with E-state index >= 15 is 0 Å². The van der Waals surface area contributed by atoms with Crippen molar-refractivity contribution in [1.29, 1.82) is 0 Å². The van der Waals surface area contributed by atoms with Gasteiger partial charge in [0.2, 0.25) is 5.88 Å². The van der Waals surface area contributed by atoms with E-state index in [-0.39, 0.29) is 10.9 Å². The van der Waals surface area contributed by atoms with Crippen molar-refractivity contribution in [2.24, 2.45) is 0 Å². The summed E-state index contributed by atoms with van der Waals surface area (Å²) in [6.45, 7) is 3.51. The molecule has 3 aromatic rings. The van der Waals surface area contributed by atoms with Crippen molar-refractivity contribution in [1.82, 2.24) is 9.88 Å². The average molecular weight is 399 g/mol. The third-order valence-electron chi connectivity index (χ3n) is 5.06. The first kappa shape index (κ1) is 18.7. The predicted molar refractivity (Wildman–Crippen MR) is 108 cm³/mol. The fourth-order valence-electron chi connectivity index (χ4n) is 3.63. The molecule has 1 aliphatic heterocycles. The molecule has 1 aromatic heterocycles. The predicted octanol–water partition coefficient (Wildman–Crippen LogP) is 5.75. The third-order valence-corrected chi connectivity index (χ3v) is 5.35. The molecule has 4 nitrogen and oxygen atoms in total. The van der Waals surface area contributed by atoms with Gasteiger partial charge in [-0.25, -0.2) is 9.37 Å². The van der Waals surface area contributed by atoms with Crippen molar-refractivity contribution in [2.45, 2.75) is 26.2 Å². The second-order valence-electron chi connectivity index (χ2n) is 7.00. The summed E-state index contributed by atoms with van der Waals surface area (Å²) >= 11 is 6.09. The second kappa shape index (κ2) is 7.76. The summed E-state index contributed by atoms with van der Waals surface area (Å²) in [5, 5.41) is 1.71. The van der Waals surface area contributed by atoms with Crippen molar-refractivity contribution < 1.29 is 13.9 Å². The highest BCUT2D eigenvalue weighted by Crippen LogP contribution is 2.35. The van der Waals surface area contributed by atoms with Gasteiger partial charge >= 0.3 is 0 Å². The number of amides is 1. The molecule has 0 unspecified atom stereocenters. The number of pyridine rings is 1. The minimum atomic E-state index is -0.437. The molecule has 0 N–H and O–H groups in total. The van der Waals surface area contributed by atoms with Crippen LogP contribution >= 0.6 is 11.6 Å². The lowest BCUT2D eigenvalue weighted by Gasteiger charge is -2.27. The largest absolute Gasteiger partial charge is 0.437 e. The van der Waals surface area contributed by atoms with Crippen LogP contribution in [0.15, 0.2) is 42.6 Å². The van der Waals surface area contributed by atoms with Gasteiger partial charge in [0.1, 0.15) is 11.6 Å². The molecule has 1 saturated heterocycles. The number of aromatic nitrogens is 1. The van der Waals surface area contributed by atoms with E-state index in [1.807, 2.05) is 30.0 Å². The molecule has 0 bridgehead atoms. The number of likely N-dealkylation sites (tertiary alicyclic amines) is 1. The Kier molecular flexibility index (Phi) is 5.18. The van der Waals surface area contributed by atoms with E-state index in [2.05, 4.69) is 4.98 Å². The van der Waals surface area contributed by atoms with E-state index in [1.165, 1.54) is 18.2 Å². The van der Waals surface area contributed by atoms with Crippen LogP contribution in [0.1, 0.15) is 35.2 Å². The molecule has 144 valence electrons. The Morgan fingerprint density at radius 1 is 1.18 bits per heavy atom. The van der Waals surface area contributed by atoms with Crippen LogP contribution in [-0.4, -0.2) is 28.9 Å². The molecule has 0 aliphatic carbocycles. The number of aryl methyl sites for hydroxylation is 1. The highest BCUT2D eigenvalue weighted by molar-refractivity contribution is 6.32. The van der Waals surface area contributed by atoms with Crippen LogP contribution in [0.25, 0.3) is 10.8 Å². The van der Waals surface area contributed by atoms with E-state index in [4.69, 9.17) is 16.3 Å². The summed E-state index contributed by atoms with van der Waals surface area (Å²) in [5.74, 6) is 0.210. The molecule has 1 aliphatic rings. The van der Waals surface area contributed by atoms with E-state index in [0.29, 0.717) is 17.2 Å². The number of hydrogen-bond acceptors (Lipinski definition) is 3. The Morgan fingerprint density at radius 3 is 2.71 bits per heavy atom. The number of piperidine rings is 1. The maximum atomic E-state index is 13.3. The summed E-state index contributed by atoms with van der Waals surface area (Å²) in [5.41, 5.74) is 1.54. The highest BCUT2D eigenvalue weighted by Gasteiger charge is 2.23. The van der Waals surface area contributed by atoms with Crippen molar-refractivity contribution in [3.63, 3.8) is 0 Å². The molecule has 1 amide bonds. The standard InChI is InChI=1S/C22H20ClFN2O2/c1-14-6-5-7-16-20(14)17(22(27)26-10-3-2-4-11-26)13-25-21(16)28-19-9-8-15(24)12-18(19)23/h5-9,12-13H,2-4,10-11H2,1H3. The first-order chi connectivity index (χ1) is 13.5. The quantitative estimate of drug-likeness (QED) is 0.563. The van der Waals surface area contributed by atoms with Crippen LogP contribution < -0.4 is 4.74 Å². The Balaban J connectivity index is 1.78. The fourth-order valence-corrected chi connectivity index (χ4v) is 3.84. The van der Waals surface area contributed by atoms with Gasteiger partial charge in [-0.3, -0.25) is 4.79 Å². The first-order valence-corrected chi connectivity index (χ1v) is 9.73. The van der Waals surface area contributed by atoms with Crippen LogP contribution in [-0.2, 0) is 0 Å². The van der Waals surface area contributed by atoms with Gasteiger partial charge in [0.25, 0.3) is 5.91 Å². The number of carbonyl (C=O) groups excluding carboxylic acids is 1. The molecule has 2 aromatic carbocycles. The van der Waals surface area contributed by atoms with Crippen molar-refractivity contribution in [3.8, 4) is 11.6 Å². The Morgan fingerprint density at radius 2 is 1.96 bits per heavy atom. The van der Waals surface area contributed by atoms with E-state index in [0.717, 1.165) is 48.7 Å². The van der Waals surface area contributed by atoms with Crippen molar-refractivity contribution in [3.05, 3.63) is 64.6 Å². The lowest BCUT2D eigenvalue weighted by atomic mass is 10.0. The van der Waals surface area contributed by atoms with E-state index in [1.54, 1.807) is 6.20 Å². The molecule has 0 atom stereocenters. The number of halogens is 2. The van der Waals surface area contributed by atoms with Crippen LogP contribution in [0, 0.1) is 12.7 Å². The lowest BCUT2D eigenvalue weighted by molar-refractivity contribution is 0.0726. The van der Waals surface area contributed by atoms with Crippen LogP contribution in [0.4, 0.5) is 4.39 Å². The van der Waals surface area contributed by atoms with Gasteiger partial charge in [0.05, 0.1) is 10.6 Å². The summed E-state index contributed by atoms with van der Waals surface area (Å²) in [6, 6.07) is 9.67. The van der Waals surface area contributed by atoms with Gasteiger partial charge < -0.3 is 9.64 Å². The maximum absolute atomic E-state index is 13.3. The summed E-state index contributed by atoms with van der Waals surface area (Å²) in [7, 11) is 0. The molecule has 28 heavy (non-hydrogen) atoms. The fraction of sp³-hybridized carbons (Fsp3) is 0.273. The minimum absolute atomic E-state index is 0.00198. The van der Waals surface area contributed by atoms with Gasteiger partial charge in [-0.15, -0.1) is 0 Å². The smallest absolute Gasteiger partial charge is 0.256 e. The monoisotopic (exact) mass is 398 g/mol. The molecule has 0 saturated carbocycles. The second-order valence-corrected chi connectivity index (χ2v) is 7.41. The van der Waals surface area contributed by atoms with E-state index in [9.17, 15) is 9.18 Å². The van der Waals surface area contributed by atoms with Crippen molar-refractivity contribution in [2.75, 3.05) is 13.1 Å². The molecule has 1 fully saturated rings. The number of rotatable bonds is 3. The number of nitrogens with zero attached hydrogens (tertiary/aromatic N) is 2. The zero-order chi connectivity index (χ0) is 19.7. The van der Waals surface area contributed by atoms with Gasteiger partial charge in [0.15, 0.2) is 0 Å². The normalized spacial score (nSPS) is 14.3. The van der Waals surface area contributed by atoms with E-state index < -0.39 is 5.82 Å². The van der Waals surface area contributed by atoms with Gasteiger partial charge in [0, 0.05) is 30.1 Å². The number of carbonyl (C=O) groups is 1. The summed E-state index contributed by atoms with van der Waals surface area (Å²) < 4.78 is 19.2. The van der Waals surface area contributed by atoms with Gasteiger partial charge in [-0.2, -0.15) is 0 Å². The van der Waals surface area contributed by atoms with Crippen molar-refractivity contribution >= 4 is 28.3 Å². The molecular weight excluding hydrogens is 379 g/mol. The first-order valence-electron chi connectivity index (χ1n) is 9.35. The lowest BCUT2D eigenvalue weighted by Crippen LogP contribution is -2.35. The summed E-state index contributed by atoms with van der Waals surface area (Å²) in [6.07, 6.45) is 4.78. The zero-order valence-electron chi connectivity index (χ0n) is 15.5. The number of ether oxygens (including phenoxy) is 1. The number of fused-ring (bicyclic) bond motifs is 1. The minimum Gasteiger partial charge on any atom is -0.437 e. The SMILES string of the molecule is Cc1cccc2c(Oc3ccc(F)cc3Cl)ncc(C(=O)N3CCCCC3)c12. The molecular formula is C22H20ClFN2O2. The van der Waals surface area contributed by atoms with Gasteiger partial charge in [-0.05, 0) is 56.0 Å². The van der Waals surface area contributed by atoms with Crippen LogP contribution in [0.2, 0.25) is 5.02 Å². The Bertz CT molecular complexity index is 1050. The topological polar surface area (TPSA) is 42.4 Å². The number of hydrogen-bond donors (Lipinski definition) is 0. The molecule has 6 heteroatoms.